The van der Waals surface area contributed by atoms with Gasteiger partial charge in [0.1, 0.15) is 11.3 Å². The zero-order chi connectivity index (χ0) is 10.7. The third-order valence-electron chi connectivity index (χ3n) is 1.97. The predicted molar refractivity (Wildman–Crippen MR) is 60.3 cm³/mol. The monoisotopic (exact) mass is 220 g/mol. The van der Waals surface area contributed by atoms with Crippen LogP contribution in [0.2, 0.25) is 5.02 Å². The molecule has 5 heteroatoms. The van der Waals surface area contributed by atoms with Crippen LogP contribution in [0.3, 0.4) is 0 Å². The fourth-order valence-electron chi connectivity index (χ4n) is 1.27. The fourth-order valence-corrected chi connectivity index (χ4v) is 1.53. The van der Waals surface area contributed by atoms with Gasteiger partial charge in [-0.25, -0.2) is 15.8 Å². The third-order valence-corrected chi connectivity index (χ3v) is 2.33. The zero-order valence-corrected chi connectivity index (χ0v) is 8.57. The largest absolute Gasteiger partial charge is 0.307 e. The SMILES string of the molecule is NNc1ncnc(-c2ccccc2)c1Cl. The molecule has 0 saturated carbocycles. The summed E-state index contributed by atoms with van der Waals surface area (Å²) in [5, 5.41) is 0.422. The van der Waals surface area contributed by atoms with Gasteiger partial charge in [0.15, 0.2) is 5.82 Å². The van der Waals surface area contributed by atoms with Crippen molar-refractivity contribution in [2.24, 2.45) is 5.84 Å². The van der Waals surface area contributed by atoms with Gasteiger partial charge in [0, 0.05) is 5.56 Å². The van der Waals surface area contributed by atoms with Crippen LogP contribution in [0, 0.1) is 0 Å². The first-order valence-electron chi connectivity index (χ1n) is 4.35. The van der Waals surface area contributed by atoms with E-state index < -0.39 is 0 Å². The first kappa shape index (κ1) is 9.89. The quantitative estimate of drug-likeness (QED) is 0.601. The summed E-state index contributed by atoms with van der Waals surface area (Å²) in [5.41, 5.74) is 4.02. The summed E-state index contributed by atoms with van der Waals surface area (Å²) in [6, 6.07) is 9.62. The second-order valence-electron chi connectivity index (χ2n) is 2.90. The number of aromatic nitrogens is 2. The number of nitrogen functional groups attached to an aromatic ring is 1. The van der Waals surface area contributed by atoms with Crippen LogP contribution in [0.1, 0.15) is 0 Å². The van der Waals surface area contributed by atoms with Gasteiger partial charge < -0.3 is 5.43 Å². The summed E-state index contributed by atoms with van der Waals surface area (Å²) in [7, 11) is 0. The van der Waals surface area contributed by atoms with Crippen LogP contribution in [0.4, 0.5) is 5.82 Å². The molecule has 0 spiro atoms. The van der Waals surface area contributed by atoms with Gasteiger partial charge in [0.2, 0.25) is 0 Å². The Morgan fingerprint density at radius 2 is 1.87 bits per heavy atom. The minimum absolute atomic E-state index is 0.422. The highest BCUT2D eigenvalue weighted by atomic mass is 35.5. The van der Waals surface area contributed by atoms with Gasteiger partial charge in [-0.15, -0.1) is 0 Å². The van der Waals surface area contributed by atoms with E-state index in [2.05, 4.69) is 15.4 Å². The van der Waals surface area contributed by atoms with Crippen molar-refractivity contribution in [1.29, 1.82) is 0 Å². The molecule has 15 heavy (non-hydrogen) atoms. The second-order valence-corrected chi connectivity index (χ2v) is 3.27. The van der Waals surface area contributed by atoms with Crippen molar-refractivity contribution < 1.29 is 0 Å². The number of nitrogens with two attached hydrogens (primary N) is 1. The van der Waals surface area contributed by atoms with Crippen molar-refractivity contribution >= 4 is 17.4 Å². The van der Waals surface area contributed by atoms with Crippen molar-refractivity contribution in [2.75, 3.05) is 5.43 Å². The Hall–Kier alpha value is -1.65. The molecule has 0 radical (unpaired) electrons. The molecule has 1 aromatic carbocycles. The van der Waals surface area contributed by atoms with Crippen molar-refractivity contribution in [3.63, 3.8) is 0 Å². The third kappa shape index (κ3) is 1.91. The molecule has 1 heterocycles. The highest BCUT2D eigenvalue weighted by Gasteiger charge is 2.09. The topological polar surface area (TPSA) is 63.8 Å². The lowest BCUT2D eigenvalue weighted by Crippen LogP contribution is -2.09. The van der Waals surface area contributed by atoms with Crippen LogP contribution in [-0.4, -0.2) is 9.97 Å². The molecule has 4 nitrogen and oxygen atoms in total. The molecule has 1 aromatic heterocycles. The Bertz CT molecular complexity index is 458. The van der Waals surface area contributed by atoms with E-state index in [0.29, 0.717) is 16.5 Å². The van der Waals surface area contributed by atoms with Crippen LogP contribution in [0.25, 0.3) is 11.3 Å². The normalized spacial score (nSPS) is 10.0. The molecule has 0 saturated heterocycles. The lowest BCUT2D eigenvalue weighted by Gasteiger charge is -2.06. The number of nitrogens with zero attached hydrogens (tertiary/aromatic N) is 2. The molecule has 0 unspecified atom stereocenters. The molecule has 2 rings (SSSR count). The van der Waals surface area contributed by atoms with E-state index in [0.717, 1.165) is 5.56 Å². The van der Waals surface area contributed by atoms with Gasteiger partial charge in [-0.3, -0.25) is 0 Å². The Morgan fingerprint density at radius 3 is 2.53 bits per heavy atom. The molecule has 3 N–H and O–H groups in total. The van der Waals surface area contributed by atoms with Crippen molar-refractivity contribution in [3.8, 4) is 11.3 Å². The number of hydrogen-bond donors (Lipinski definition) is 2. The Balaban J connectivity index is 2.54. The molecule has 76 valence electrons. The Labute approximate surface area is 92.1 Å². The van der Waals surface area contributed by atoms with Crippen LogP contribution >= 0.6 is 11.6 Å². The lowest BCUT2D eigenvalue weighted by molar-refractivity contribution is 1.14. The first-order chi connectivity index (χ1) is 7.33. The number of hydrogen-bond acceptors (Lipinski definition) is 4. The fraction of sp³-hybridized carbons (Fsp3) is 0. The summed E-state index contributed by atoms with van der Waals surface area (Å²) in [5.74, 6) is 5.69. The summed E-state index contributed by atoms with van der Waals surface area (Å²) in [6.45, 7) is 0. The van der Waals surface area contributed by atoms with Crippen molar-refractivity contribution in [1.82, 2.24) is 9.97 Å². The van der Waals surface area contributed by atoms with Gasteiger partial charge in [-0.1, -0.05) is 41.9 Å². The van der Waals surface area contributed by atoms with E-state index in [1.54, 1.807) is 0 Å². The van der Waals surface area contributed by atoms with Gasteiger partial charge in [0.25, 0.3) is 0 Å². The smallest absolute Gasteiger partial charge is 0.162 e. The predicted octanol–water partition coefficient (Wildman–Crippen LogP) is 2.08. The molecular formula is C10H9ClN4. The highest BCUT2D eigenvalue weighted by molar-refractivity contribution is 6.35. The zero-order valence-electron chi connectivity index (χ0n) is 7.81. The highest BCUT2D eigenvalue weighted by Crippen LogP contribution is 2.29. The van der Waals surface area contributed by atoms with Gasteiger partial charge in [-0.2, -0.15) is 0 Å². The molecule has 0 fully saturated rings. The average Bonchev–Trinajstić information content (AvgIpc) is 2.30. The number of rotatable bonds is 2. The number of hydrazine groups is 1. The maximum Gasteiger partial charge on any atom is 0.162 e. The number of halogens is 1. The van der Waals surface area contributed by atoms with E-state index in [4.69, 9.17) is 17.4 Å². The summed E-state index contributed by atoms with van der Waals surface area (Å²) in [4.78, 5) is 8.02. The van der Waals surface area contributed by atoms with Crippen molar-refractivity contribution in [3.05, 3.63) is 41.7 Å². The van der Waals surface area contributed by atoms with E-state index >= 15 is 0 Å². The van der Waals surface area contributed by atoms with Crippen LogP contribution in [-0.2, 0) is 0 Å². The van der Waals surface area contributed by atoms with Crippen LogP contribution < -0.4 is 11.3 Å². The maximum absolute atomic E-state index is 6.08. The first-order valence-corrected chi connectivity index (χ1v) is 4.73. The molecular weight excluding hydrogens is 212 g/mol. The van der Waals surface area contributed by atoms with E-state index in [1.807, 2.05) is 30.3 Å². The lowest BCUT2D eigenvalue weighted by atomic mass is 10.1. The molecule has 0 amide bonds. The summed E-state index contributed by atoms with van der Waals surface area (Å²) in [6.07, 6.45) is 1.42. The van der Waals surface area contributed by atoms with Crippen LogP contribution in [0.5, 0.6) is 0 Å². The Morgan fingerprint density at radius 1 is 1.13 bits per heavy atom. The molecule has 0 aliphatic carbocycles. The van der Waals surface area contributed by atoms with Crippen molar-refractivity contribution in [2.45, 2.75) is 0 Å². The van der Waals surface area contributed by atoms with Gasteiger partial charge in [-0.05, 0) is 0 Å². The molecule has 2 aromatic rings. The number of anilines is 1. The molecule has 0 aliphatic heterocycles. The molecule has 0 aliphatic rings. The average molecular weight is 221 g/mol. The van der Waals surface area contributed by atoms with E-state index in [-0.39, 0.29) is 0 Å². The number of benzene rings is 1. The van der Waals surface area contributed by atoms with Gasteiger partial charge in [0.05, 0.1) is 5.69 Å². The van der Waals surface area contributed by atoms with E-state index in [1.165, 1.54) is 6.33 Å². The molecule has 0 atom stereocenters. The second kappa shape index (κ2) is 4.25. The Kier molecular flexibility index (Phi) is 2.80. The maximum atomic E-state index is 6.08. The van der Waals surface area contributed by atoms with Crippen LogP contribution in [0.15, 0.2) is 36.7 Å². The minimum Gasteiger partial charge on any atom is -0.307 e. The molecule has 0 bridgehead atoms. The summed E-state index contributed by atoms with van der Waals surface area (Å²) >= 11 is 6.08. The summed E-state index contributed by atoms with van der Waals surface area (Å²) < 4.78 is 0. The van der Waals surface area contributed by atoms with E-state index in [9.17, 15) is 0 Å². The standard InChI is InChI=1S/C10H9ClN4/c11-8-9(7-4-2-1-3-5-7)13-6-14-10(8)15-12/h1-6H,12H2,(H,13,14,15). The minimum atomic E-state index is 0.422. The number of nitrogens with one attached hydrogen (secondary N) is 1. The van der Waals surface area contributed by atoms with Gasteiger partial charge >= 0.3 is 0 Å².